The minimum Gasteiger partial charge on any atom is -0.490 e. The third kappa shape index (κ3) is 1.85. The maximum Gasteiger partial charge on any atom is 0.337 e. The molecule has 1 amide bonds. The molecule has 19 heavy (non-hydrogen) atoms. The van der Waals surface area contributed by atoms with Crippen molar-refractivity contribution in [2.45, 2.75) is 25.7 Å². The van der Waals surface area contributed by atoms with E-state index in [0.717, 1.165) is 25.7 Å². The minimum absolute atomic E-state index is 0.0703. The summed E-state index contributed by atoms with van der Waals surface area (Å²) in [7, 11) is 0. The quantitative estimate of drug-likeness (QED) is 0.813. The molecule has 5 nitrogen and oxygen atoms in total. The summed E-state index contributed by atoms with van der Waals surface area (Å²) in [4.78, 5) is 23.6. The van der Waals surface area contributed by atoms with Crippen LogP contribution in [0.4, 0.5) is 5.69 Å². The first-order valence-corrected chi connectivity index (χ1v) is 6.43. The lowest BCUT2D eigenvalue weighted by molar-refractivity contribution is -0.126. The smallest absolute Gasteiger partial charge is 0.337 e. The Kier molecular flexibility index (Phi) is 2.69. The molecule has 5 heteroatoms. The number of carbonyl (C=O) groups excluding carboxylic acids is 1. The molecule has 0 saturated heterocycles. The highest BCUT2D eigenvalue weighted by atomic mass is 16.5. The van der Waals surface area contributed by atoms with E-state index < -0.39 is 11.4 Å². The zero-order chi connectivity index (χ0) is 13.5. The number of rotatable bonds is 1. The van der Waals surface area contributed by atoms with Gasteiger partial charge in [0.25, 0.3) is 0 Å². The molecule has 0 radical (unpaired) electrons. The van der Waals surface area contributed by atoms with E-state index in [1.165, 1.54) is 6.07 Å². The van der Waals surface area contributed by atoms with Crippen LogP contribution < -0.4 is 10.1 Å². The van der Waals surface area contributed by atoms with Crippen LogP contribution in [-0.4, -0.2) is 23.6 Å². The average Bonchev–Trinajstić information content (AvgIpc) is 2.81. The second-order valence-corrected chi connectivity index (χ2v) is 5.21. The minimum atomic E-state index is -1.07. The lowest BCUT2D eigenvalue weighted by Gasteiger charge is -2.23. The highest BCUT2D eigenvalue weighted by Crippen LogP contribution is 2.43. The van der Waals surface area contributed by atoms with Crippen molar-refractivity contribution >= 4 is 17.6 Å². The fourth-order valence-corrected chi connectivity index (χ4v) is 2.91. The van der Waals surface area contributed by atoms with Crippen molar-refractivity contribution in [2.75, 3.05) is 11.9 Å². The van der Waals surface area contributed by atoms with Gasteiger partial charge in [-0.2, -0.15) is 0 Å². The number of para-hydroxylation sites is 1. The van der Waals surface area contributed by atoms with Crippen LogP contribution >= 0.6 is 0 Å². The van der Waals surface area contributed by atoms with E-state index in [2.05, 4.69) is 5.32 Å². The van der Waals surface area contributed by atoms with E-state index in [4.69, 9.17) is 9.84 Å². The Morgan fingerprint density at radius 1 is 1.32 bits per heavy atom. The molecule has 1 heterocycles. The molecule has 1 fully saturated rings. The van der Waals surface area contributed by atoms with Crippen molar-refractivity contribution in [3.05, 3.63) is 23.8 Å². The topological polar surface area (TPSA) is 75.6 Å². The maximum absolute atomic E-state index is 12.4. The van der Waals surface area contributed by atoms with Gasteiger partial charge in [-0.15, -0.1) is 0 Å². The Balaban J connectivity index is 2.02. The lowest BCUT2D eigenvalue weighted by atomic mass is 9.86. The van der Waals surface area contributed by atoms with Crippen LogP contribution in [0, 0.1) is 5.41 Å². The molecule has 0 bridgehead atoms. The zero-order valence-corrected chi connectivity index (χ0v) is 10.4. The van der Waals surface area contributed by atoms with Crippen molar-refractivity contribution in [1.29, 1.82) is 0 Å². The van der Waals surface area contributed by atoms with Crippen LogP contribution in [0.2, 0.25) is 0 Å². The molecule has 1 aliphatic carbocycles. The van der Waals surface area contributed by atoms with Gasteiger partial charge in [-0.25, -0.2) is 4.79 Å². The van der Waals surface area contributed by atoms with Crippen molar-refractivity contribution in [1.82, 2.24) is 0 Å². The number of hydrogen-bond acceptors (Lipinski definition) is 3. The highest BCUT2D eigenvalue weighted by Gasteiger charge is 2.44. The number of aromatic carboxylic acids is 1. The van der Waals surface area contributed by atoms with Gasteiger partial charge in [0, 0.05) is 0 Å². The van der Waals surface area contributed by atoms with E-state index in [0.29, 0.717) is 12.4 Å². The molecular formula is C14H15NO4. The number of amides is 1. The van der Waals surface area contributed by atoms with Crippen LogP contribution in [0.5, 0.6) is 5.75 Å². The van der Waals surface area contributed by atoms with E-state index >= 15 is 0 Å². The monoisotopic (exact) mass is 261 g/mol. The van der Waals surface area contributed by atoms with Crippen molar-refractivity contribution in [3.63, 3.8) is 0 Å². The highest BCUT2D eigenvalue weighted by molar-refractivity contribution is 6.04. The Hall–Kier alpha value is -2.04. The molecule has 1 aliphatic heterocycles. The molecule has 1 aromatic rings. The van der Waals surface area contributed by atoms with Gasteiger partial charge in [0.2, 0.25) is 5.91 Å². The number of carboxylic acid groups (broad SMARTS) is 1. The number of ether oxygens (including phenoxy) is 1. The summed E-state index contributed by atoms with van der Waals surface area (Å²) in [6.07, 6.45) is 3.63. The van der Waals surface area contributed by atoms with Crippen LogP contribution in [0.25, 0.3) is 0 Å². The van der Waals surface area contributed by atoms with Gasteiger partial charge in [0.1, 0.15) is 12.4 Å². The summed E-state index contributed by atoms with van der Waals surface area (Å²) < 4.78 is 5.70. The third-order valence-electron chi connectivity index (χ3n) is 4.04. The fourth-order valence-electron chi connectivity index (χ4n) is 2.91. The summed E-state index contributed by atoms with van der Waals surface area (Å²) in [6, 6.07) is 4.79. The molecule has 1 aromatic carbocycles. The summed E-state index contributed by atoms with van der Waals surface area (Å²) in [5, 5.41) is 11.9. The molecule has 1 saturated carbocycles. The molecule has 3 rings (SSSR count). The molecule has 1 spiro atoms. The van der Waals surface area contributed by atoms with E-state index in [1.54, 1.807) is 12.1 Å². The third-order valence-corrected chi connectivity index (χ3v) is 4.04. The van der Waals surface area contributed by atoms with Crippen molar-refractivity contribution in [3.8, 4) is 5.75 Å². The van der Waals surface area contributed by atoms with Gasteiger partial charge in [0.15, 0.2) is 0 Å². The number of carboxylic acids is 1. The zero-order valence-electron chi connectivity index (χ0n) is 10.4. The Labute approximate surface area is 110 Å². The normalized spacial score (nSPS) is 20.3. The van der Waals surface area contributed by atoms with Gasteiger partial charge < -0.3 is 15.2 Å². The first kappa shape index (κ1) is 12.0. The molecule has 0 aromatic heterocycles. The number of carbonyl (C=O) groups is 2. The fraction of sp³-hybridized carbons (Fsp3) is 0.429. The molecular weight excluding hydrogens is 246 g/mol. The summed E-state index contributed by atoms with van der Waals surface area (Å²) in [6.45, 7) is 0.328. The molecule has 2 aliphatic rings. The van der Waals surface area contributed by atoms with Gasteiger partial charge in [0.05, 0.1) is 16.7 Å². The standard InChI is InChI=1S/C14H15NO4/c16-12(17)9-4-3-5-10-11(9)15-13(18)14(8-19-10)6-1-2-7-14/h3-5H,1-2,6-8H2,(H,15,18)(H,16,17). The van der Waals surface area contributed by atoms with Gasteiger partial charge in [-0.3, -0.25) is 4.79 Å². The van der Waals surface area contributed by atoms with E-state index in [-0.39, 0.29) is 17.2 Å². The second-order valence-electron chi connectivity index (χ2n) is 5.21. The SMILES string of the molecule is O=C(O)c1cccc2c1NC(=O)C1(CCCC1)CO2. The number of nitrogens with one attached hydrogen (secondary N) is 1. The van der Waals surface area contributed by atoms with Gasteiger partial charge in [-0.05, 0) is 25.0 Å². The largest absolute Gasteiger partial charge is 0.490 e. The average molecular weight is 261 g/mol. The predicted molar refractivity (Wildman–Crippen MR) is 68.4 cm³/mol. The molecule has 0 atom stereocenters. The van der Waals surface area contributed by atoms with Crippen LogP contribution in [-0.2, 0) is 4.79 Å². The van der Waals surface area contributed by atoms with Gasteiger partial charge in [-0.1, -0.05) is 18.9 Å². The summed E-state index contributed by atoms with van der Waals surface area (Å²) in [5.74, 6) is -0.738. The Morgan fingerprint density at radius 2 is 2.05 bits per heavy atom. The molecule has 100 valence electrons. The summed E-state index contributed by atoms with van der Waals surface area (Å²) in [5.41, 5.74) is -0.140. The van der Waals surface area contributed by atoms with Gasteiger partial charge >= 0.3 is 5.97 Å². The molecule has 0 unspecified atom stereocenters. The van der Waals surface area contributed by atoms with E-state index in [9.17, 15) is 9.59 Å². The lowest BCUT2D eigenvalue weighted by Crippen LogP contribution is -2.37. The number of benzene rings is 1. The number of fused-ring (bicyclic) bond motifs is 1. The van der Waals surface area contributed by atoms with Crippen LogP contribution in [0.1, 0.15) is 36.0 Å². The first-order valence-electron chi connectivity index (χ1n) is 6.43. The van der Waals surface area contributed by atoms with E-state index in [1.807, 2.05) is 0 Å². The molecule has 2 N–H and O–H groups in total. The predicted octanol–water partition coefficient (Wildman–Crippen LogP) is 2.28. The Bertz CT molecular complexity index is 546. The summed E-state index contributed by atoms with van der Waals surface area (Å²) >= 11 is 0. The number of hydrogen-bond donors (Lipinski definition) is 2. The maximum atomic E-state index is 12.4. The van der Waals surface area contributed by atoms with Crippen molar-refractivity contribution in [2.24, 2.45) is 5.41 Å². The van der Waals surface area contributed by atoms with Crippen LogP contribution in [0.15, 0.2) is 18.2 Å². The number of anilines is 1. The van der Waals surface area contributed by atoms with Crippen LogP contribution in [0.3, 0.4) is 0 Å². The Morgan fingerprint density at radius 3 is 2.74 bits per heavy atom. The van der Waals surface area contributed by atoms with Crippen molar-refractivity contribution < 1.29 is 19.4 Å². The first-order chi connectivity index (χ1) is 9.12. The second kappa shape index (κ2) is 4.26.